The van der Waals surface area contributed by atoms with Gasteiger partial charge in [-0.05, 0) is 41.7 Å². The van der Waals surface area contributed by atoms with Gasteiger partial charge in [-0.3, -0.25) is 9.59 Å². The molecule has 3 rings (SSSR count). The lowest BCUT2D eigenvalue weighted by atomic mass is 10.1. The van der Waals surface area contributed by atoms with Crippen LogP contribution in [0.4, 0.5) is 0 Å². The van der Waals surface area contributed by atoms with Crippen LogP contribution < -0.4 is 4.74 Å². The molecule has 0 unspecified atom stereocenters. The Morgan fingerprint density at radius 1 is 0.793 bits per heavy atom. The van der Waals surface area contributed by atoms with Gasteiger partial charge in [0.2, 0.25) is 11.8 Å². The highest BCUT2D eigenvalue weighted by atomic mass is 16.5. The van der Waals surface area contributed by atoms with E-state index in [1.807, 2.05) is 34.1 Å². The number of ether oxygens (including phenoxy) is 1. The average Bonchev–Trinajstić information content (AvgIpc) is 2.78. The standard InChI is InChI=1S/C24H30N2O3/c1-3-19-4-6-20(7-5-19)10-13-23(27)25-14-16-26(17-15-25)24(28)18-21-8-11-22(29-2)12-9-21/h4-9,11-12H,3,10,13-18H2,1-2H3. The Morgan fingerprint density at radius 3 is 1.86 bits per heavy atom. The SMILES string of the molecule is CCc1ccc(CCC(=O)N2CCN(C(=O)Cc3ccc(OC)cc3)CC2)cc1. The van der Waals surface area contributed by atoms with Crippen LogP contribution in [0.3, 0.4) is 0 Å². The summed E-state index contributed by atoms with van der Waals surface area (Å²) in [5.74, 6) is 1.07. The minimum absolute atomic E-state index is 0.110. The number of benzene rings is 2. The molecule has 154 valence electrons. The molecule has 5 heteroatoms. The van der Waals surface area contributed by atoms with Crippen LogP contribution in [0.1, 0.15) is 30.0 Å². The molecular formula is C24H30N2O3. The molecule has 1 aliphatic heterocycles. The van der Waals surface area contributed by atoms with Gasteiger partial charge in [-0.25, -0.2) is 0 Å². The molecule has 2 amide bonds. The van der Waals surface area contributed by atoms with E-state index in [1.54, 1.807) is 7.11 Å². The fourth-order valence-corrected chi connectivity index (χ4v) is 3.59. The van der Waals surface area contributed by atoms with E-state index in [0.717, 1.165) is 24.2 Å². The zero-order valence-electron chi connectivity index (χ0n) is 17.4. The number of carbonyl (C=O) groups is 2. The van der Waals surface area contributed by atoms with Gasteiger partial charge in [-0.1, -0.05) is 43.3 Å². The predicted molar refractivity (Wildman–Crippen MR) is 114 cm³/mol. The summed E-state index contributed by atoms with van der Waals surface area (Å²) in [6.07, 6.45) is 2.69. The molecule has 2 aromatic rings. The second kappa shape index (κ2) is 10.1. The number of methoxy groups -OCH3 is 1. The van der Waals surface area contributed by atoms with Crippen molar-refractivity contribution >= 4 is 11.8 Å². The number of rotatable bonds is 7. The average molecular weight is 395 g/mol. The van der Waals surface area contributed by atoms with Gasteiger partial charge in [0.25, 0.3) is 0 Å². The van der Waals surface area contributed by atoms with Crippen molar-refractivity contribution in [2.75, 3.05) is 33.3 Å². The molecule has 0 saturated carbocycles. The molecule has 5 nitrogen and oxygen atoms in total. The van der Waals surface area contributed by atoms with Crippen LogP contribution in [0.5, 0.6) is 5.75 Å². The second-order valence-electron chi connectivity index (χ2n) is 7.46. The van der Waals surface area contributed by atoms with Crippen molar-refractivity contribution in [2.24, 2.45) is 0 Å². The van der Waals surface area contributed by atoms with Crippen molar-refractivity contribution < 1.29 is 14.3 Å². The largest absolute Gasteiger partial charge is 0.497 e. The van der Waals surface area contributed by atoms with Crippen molar-refractivity contribution in [3.8, 4) is 5.75 Å². The van der Waals surface area contributed by atoms with Crippen molar-refractivity contribution in [3.63, 3.8) is 0 Å². The molecule has 0 atom stereocenters. The molecule has 2 aromatic carbocycles. The van der Waals surface area contributed by atoms with Gasteiger partial charge in [-0.15, -0.1) is 0 Å². The molecule has 0 aliphatic carbocycles. The summed E-state index contributed by atoms with van der Waals surface area (Å²) >= 11 is 0. The number of amides is 2. The lowest BCUT2D eigenvalue weighted by Gasteiger charge is -2.35. The molecule has 1 heterocycles. The number of carbonyl (C=O) groups excluding carboxylic acids is 2. The van der Waals surface area contributed by atoms with Gasteiger partial charge in [-0.2, -0.15) is 0 Å². The van der Waals surface area contributed by atoms with E-state index in [4.69, 9.17) is 4.74 Å². The van der Waals surface area contributed by atoms with Crippen molar-refractivity contribution in [3.05, 3.63) is 65.2 Å². The van der Waals surface area contributed by atoms with Crippen LogP contribution in [-0.4, -0.2) is 54.9 Å². The third-order valence-corrected chi connectivity index (χ3v) is 5.56. The molecule has 1 saturated heterocycles. The first-order valence-electron chi connectivity index (χ1n) is 10.4. The highest BCUT2D eigenvalue weighted by Gasteiger charge is 2.23. The molecule has 1 aliphatic rings. The first-order chi connectivity index (χ1) is 14.1. The van der Waals surface area contributed by atoms with Gasteiger partial charge in [0, 0.05) is 32.6 Å². The van der Waals surface area contributed by atoms with Crippen LogP contribution in [-0.2, 0) is 28.9 Å². The maximum atomic E-state index is 12.6. The van der Waals surface area contributed by atoms with E-state index in [9.17, 15) is 9.59 Å². The zero-order chi connectivity index (χ0) is 20.6. The highest BCUT2D eigenvalue weighted by Crippen LogP contribution is 2.14. The van der Waals surface area contributed by atoms with Gasteiger partial charge in [0.1, 0.15) is 5.75 Å². The smallest absolute Gasteiger partial charge is 0.227 e. The Morgan fingerprint density at radius 2 is 1.31 bits per heavy atom. The maximum Gasteiger partial charge on any atom is 0.227 e. The van der Waals surface area contributed by atoms with Crippen LogP contribution >= 0.6 is 0 Å². The molecule has 0 spiro atoms. The highest BCUT2D eigenvalue weighted by molar-refractivity contribution is 5.80. The van der Waals surface area contributed by atoms with E-state index in [2.05, 4.69) is 31.2 Å². The fourth-order valence-electron chi connectivity index (χ4n) is 3.59. The normalized spacial score (nSPS) is 14.0. The third kappa shape index (κ3) is 5.83. The van der Waals surface area contributed by atoms with Gasteiger partial charge >= 0.3 is 0 Å². The van der Waals surface area contributed by atoms with Gasteiger partial charge < -0.3 is 14.5 Å². The van der Waals surface area contributed by atoms with Crippen LogP contribution in [0.15, 0.2) is 48.5 Å². The Bertz CT molecular complexity index is 807. The van der Waals surface area contributed by atoms with E-state index >= 15 is 0 Å². The molecule has 0 radical (unpaired) electrons. The summed E-state index contributed by atoms with van der Waals surface area (Å²) < 4.78 is 5.15. The zero-order valence-corrected chi connectivity index (χ0v) is 17.4. The lowest BCUT2D eigenvalue weighted by molar-refractivity contribution is -0.139. The van der Waals surface area contributed by atoms with Crippen LogP contribution in [0, 0.1) is 0 Å². The summed E-state index contributed by atoms with van der Waals surface area (Å²) in [5.41, 5.74) is 3.49. The minimum atomic E-state index is 0.110. The summed E-state index contributed by atoms with van der Waals surface area (Å²) in [4.78, 5) is 28.8. The first kappa shape index (κ1) is 20.9. The molecule has 1 fully saturated rings. The van der Waals surface area contributed by atoms with E-state index < -0.39 is 0 Å². The molecule has 29 heavy (non-hydrogen) atoms. The summed E-state index contributed by atoms with van der Waals surface area (Å²) in [5, 5.41) is 0. The third-order valence-electron chi connectivity index (χ3n) is 5.56. The van der Waals surface area contributed by atoms with Crippen LogP contribution in [0.25, 0.3) is 0 Å². The minimum Gasteiger partial charge on any atom is -0.497 e. The summed E-state index contributed by atoms with van der Waals surface area (Å²) in [7, 11) is 1.63. The molecular weight excluding hydrogens is 364 g/mol. The van der Waals surface area contributed by atoms with E-state index in [1.165, 1.54) is 11.1 Å². The molecule has 0 N–H and O–H groups in total. The van der Waals surface area contributed by atoms with Crippen molar-refractivity contribution in [2.45, 2.75) is 32.6 Å². The molecule has 0 aromatic heterocycles. The maximum absolute atomic E-state index is 12.6. The van der Waals surface area contributed by atoms with Gasteiger partial charge in [0.05, 0.1) is 13.5 Å². The van der Waals surface area contributed by atoms with E-state index in [0.29, 0.717) is 39.0 Å². The number of hydrogen-bond acceptors (Lipinski definition) is 3. The summed E-state index contributed by atoms with van der Waals surface area (Å²) in [6, 6.07) is 16.1. The number of hydrogen-bond donors (Lipinski definition) is 0. The fraction of sp³-hybridized carbons (Fsp3) is 0.417. The topological polar surface area (TPSA) is 49.9 Å². The van der Waals surface area contributed by atoms with Crippen molar-refractivity contribution in [1.29, 1.82) is 0 Å². The number of piperazine rings is 1. The number of nitrogens with zero attached hydrogens (tertiary/aromatic N) is 2. The quantitative estimate of drug-likeness (QED) is 0.725. The first-order valence-corrected chi connectivity index (χ1v) is 10.4. The predicted octanol–water partition coefficient (Wildman–Crippen LogP) is 3.10. The lowest BCUT2D eigenvalue weighted by Crippen LogP contribution is -2.51. The Labute approximate surface area is 173 Å². The van der Waals surface area contributed by atoms with E-state index in [-0.39, 0.29) is 11.8 Å². The van der Waals surface area contributed by atoms with Crippen molar-refractivity contribution in [1.82, 2.24) is 9.80 Å². The Kier molecular flexibility index (Phi) is 7.28. The van der Waals surface area contributed by atoms with Gasteiger partial charge in [0.15, 0.2) is 0 Å². The Balaban J connectivity index is 1.42. The number of aryl methyl sites for hydroxylation is 2. The van der Waals surface area contributed by atoms with Crippen LogP contribution in [0.2, 0.25) is 0 Å². The second-order valence-corrected chi connectivity index (χ2v) is 7.46. The Hall–Kier alpha value is -2.82. The molecule has 0 bridgehead atoms. The monoisotopic (exact) mass is 394 g/mol. The summed E-state index contributed by atoms with van der Waals surface area (Å²) in [6.45, 7) is 4.57.